The predicted molar refractivity (Wildman–Crippen MR) is 98.3 cm³/mol. The molecule has 0 spiro atoms. The molecule has 1 N–H and O–H groups in total. The highest BCUT2D eigenvalue weighted by atomic mass is 16.2. The number of amides is 4. The number of likely N-dealkylation sites (tertiary alicyclic amines) is 1. The third-order valence-electron chi connectivity index (χ3n) is 5.75. The number of carbonyl (C=O) groups excluding carboxylic acids is 3. The van der Waals surface area contributed by atoms with E-state index in [0.29, 0.717) is 6.42 Å². The van der Waals surface area contributed by atoms with Crippen LogP contribution in [0.3, 0.4) is 0 Å². The maximum atomic E-state index is 13.1. The first-order valence-electron chi connectivity index (χ1n) is 9.41. The van der Waals surface area contributed by atoms with E-state index in [2.05, 4.69) is 5.32 Å². The minimum Gasteiger partial charge on any atom is -0.336 e. The molecule has 2 aliphatic rings. The Bertz CT molecular complexity index is 696. The minimum atomic E-state index is -1.09. The molecule has 0 unspecified atom stereocenters. The summed E-state index contributed by atoms with van der Waals surface area (Å²) in [5.41, 5.74) is -0.340. The lowest BCUT2D eigenvalue weighted by molar-refractivity contribution is -0.143. The van der Waals surface area contributed by atoms with Crippen LogP contribution in [0, 0.1) is 0 Å². The van der Waals surface area contributed by atoms with Crippen LogP contribution in [0.1, 0.15) is 52.0 Å². The van der Waals surface area contributed by atoms with Crippen molar-refractivity contribution in [3.05, 3.63) is 35.9 Å². The number of hydrogen-bond acceptors (Lipinski definition) is 3. The first-order valence-corrected chi connectivity index (χ1v) is 9.41. The van der Waals surface area contributed by atoms with Crippen LogP contribution in [-0.2, 0) is 15.1 Å². The summed E-state index contributed by atoms with van der Waals surface area (Å²) in [4.78, 5) is 41.4. The fourth-order valence-electron chi connectivity index (χ4n) is 4.26. The normalized spacial score (nSPS) is 29.0. The van der Waals surface area contributed by atoms with Crippen molar-refractivity contribution in [3.63, 3.8) is 0 Å². The summed E-state index contributed by atoms with van der Waals surface area (Å²) in [7, 11) is 0. The van der Waals surface area contributed by atoms with E-state index in [-0.39, 0.29) is 30.4 Å². The summed E-state index contributed by atoms with van der Waals surface area (Å²) in [6.07, 6.45) is 3.45. The molecule has 3 atom stereocenters. The van der Waals surface area contributed by atoms with E-state index in [1.54, 1.807) is 0 Å². The maximum Gasteiger partial charge on any atom is 0.325 e. The molecule has 2 fully saturated rings. The molecule has 6 heteroatoms. The van der Waals surface area contributed by atoms with Gasteiger partial charge in [0.2, 0.25) is 5.91 Å². The van der Waals surface area contributed by atoms with Crippen LogP contribution < -0.4 is 5.32 Å². The van der Waals surface area contributed by atoms with Gasteiger partial charge in [0.05, 0.1) is 0 Å². The number of imide groups is 1. The van der Waals surface area contributed by atoms with E-state index in [0.717, 1.165) is 29.7 Å². The van der Waals surface area contributed by atoms with Crippen molar-refractivity contribution >= 4 is 17.8 Å². The highest BCUT2D eigenvalue weighted by Gasteiger charge is 2.52. The number of piperidine rings is 1. The second-order valence-corrected chi connectivity index (χ2v) is 7.38. The molecule has 1 aromatic carbocycles. The van der Waals surface area contributed by atoms with Crippen molar-refractivity contribution in [1.29, 1.82) is 0 Å². The smallest absolute Gasteiger partial charge is 0.325 e. The summed E-state index contributed by atoms with van der Waals surface area (Å²) >= 11 is 0. The van der Waals surface area contributed by atoms with Crippen molar-refractivity contribution in [2.75, 3.05) is 6.54 Å². The predicted octanol–water partition coefficient (Wildman–Crippen LogP) is 2.63. The number of urea groups is 1. The third kappa shape index (κ3) is 2.97. The molecule has 4 amide bonds. The van der Waals surface area contributed by atoms with Crippen LogP contribution in [-0.4, -0.2) is 46.3 Å². The largest absolute Gasteiger partial charge is 0.336 e. The van der Waals surface area contributed by atoms with E-state index >= 15 is 0 Å². The van der Waals surface area contributed by atoms with Crippen LogP contribution >= 0.6 is 0 Å². The molecule has 6 nitrogen and oxygen atoms in total. The molecule has 0 bridgehead atoms. The Morgan fingerprint density at radius 2 is 1.77 bits per heavy atom. The number of hydrogen-bond donors (Lipinski definition) is 1. The zero-order valence-corrected chi connectivity index (χ0v) is 15.7. The molecule has 2 heterocycles. The van der Waals surface area contributed by atoms with Gasteiger partial charge in [0.1, 0.15) is 12.1 Å². The second-order valence-electron chi connectivity index (χ2n) is 7.38. The van der Waals surface area contributed by atoms with Crippen LogP contribution in [0.15, 0.2) is 30.3 Å². The van der Waals surface area contributed by atoms with Gasteiger partial charge in [-0.3, -0.25) is 14.5 Å². The van der Waals surface area contributed by atoms with Crippen LogP contribution in [0.4, 0.5) is 4.79 Å². The number of rotatable bonds is 4. The molecule has 0 saturated carbocycles. The number of nitrogens with zero attached hydrogens (tertiary/aromatic N) is 2. The zero-order chi connectivity index (χ0) is 18.9. The van der Waals surface area contributed by atoms with E-state index in [1.165, 1.54) is 0 Å². The van der Waals surface area contributed by atoms with Crippen LogP contribution in [0.25, 0.3) is 0 Å². The molecule has 0 aliphatic carbocycles. The van der Waals surface area contributed by atoms with E-state index < -0.39 is 11.6 Å². The lowest BCUT2D eigenvalue weighted by Gasteiger charge is -2.39. The fraction of sp³-hybridized carbons (Fsp3) is 0.550. The highest BCUT2D eigenvalue weighted by molar-refractivity contribution is 6.09. The van der Waals surface area contributed by atoms with Crippen molar-refractivity contribution in [2.24, 2.45) is 0 Å². The zero-order valence-electron chi connectivity index (χ0n) is 15.7. The monoisotopic (exact) mass is 357 g/mol. The molecule has 140 valence electrons. The maximum absolute atomic E-state index is 13.1. The van der Waals surface area contributed by atoms with Gasteiger partial charge < -0.3 is 10.2 Å². The quantitative estimate of drug-likeness (QED) is 0.842. The Balaban J connectivity index is 1.82. The molecular weight excluding hydrogens is 330 g/mol. The van der Waals surface area contributed by atoms with Gasteiger partial charge in [-0.2, -0.15) is 0 Å². The number of nitrogens with one attached hydrogen (secondary N) is 1. The second kappa shape index (κ2) is 7.09. The SMILES string of the molecule is CC[C@@]1(c2ccccc2)NC(=O)N(CC(=O)N2[C@@H](C)CCC[C@@H]2C)C1=O. The number of carbonyl (C=O) groups is 3. The van der Waals surface area contributed by atoms with Crippen LogP contribution in [0.2, 0.25) is 0 Å². The summed E-state index contributed by atoms with van der Waals surface area (Å²) in [5.74, 6) is -0.505. The molecule has 26 heavy (non-hydrogen) atoms. The van der Waals surface area contributed by atoms with Gasteiger partial charge in [-0.15, -0.1) is 0 Å². The lowest BCUT2D eigenvalue weighted by atomic mass is 9.87. The molecule has 3 rings (SSSR count). The topological polar surface area (TPSA) is 69.7 Å². The van der Waals surface area contributed by atoms with Gasteiger partial charge in [0.25, 0.3) is 5.91 Å². The molecule has 0 radical (unpaired) electrons. The van der Waals surface area contributed by atoms with Gasteiger partial charge in [-0.05, 0) is 45.1 Å². The third-order valence-corrected chi connectivity index (χ3v) is 5.75. The molecular formula is C20H27N3O3. The standard InChI is InChI=1S/C20H27N3O3/c1-4-20(16-11-6-5-7-12-16)18(25)22(19(26)21-20)13-17(24)23-14(2)9-8-10-15(23)3/h5-7,11-12,14-15H,4,8-10,13H2,1-3H3,(H,21,26)/t14-,15-,20-/m0/s1. The Morgan fingerprint density at radius 3 is 2.35 bits per heavy atom. The van der Waals surface area contributed by atoms with Crippen molar-refractivity contribution in [1.82, 2.24) is 15.1 Å². The van der Waals surface area contributed by atoms with E-state index in [4.69, 9.17) is 0 Å². The first kappa shape index (κ1) is 18.4. The summed E-state index contributed by atoms with van der Waals surface area (Å²) in [6.45, 7) is 5.72. The van der Waals surface area contributed by atoms with Gasteiger partial charge in [-0.25, -0.2) is 4.79 Å². The molecule has 2 saturated heterocycles. The molecule has 1 aromatic rings. The van der Waals surface area contributed by atoms with Crippen LogP contribution in [0.5, 0.6) is 0 Å². The first-order chi connectivity index (χ1) is 12.4. The summed E-state index contributed by atoms with van der Waals surface area (Å²) in [5, 5.41) is 2.83. The average molecular weight is 357 g/mol. The van der Waals surface area contributed by atoms with Crippen molar-refractivity contribution < 1.29 is 14.4 Å². The van der Waals surface area contributed by atoms with Gasteiger partial charge >= 0.3 is 6.03 Å². The van der Waals surface area contributed by atoms with Gasteiger partial charge in [-0.1, -0.05) is 37.3 Å². The molecule has 0 aromatic heterocycles. The average Bonchev–Trinajstić information content (AvgIpc) is 2.87. The Morgan fingerprint density at radius 1 is 1.15 bits per heavy atom. The van der Waals surface area contributed by atoms with E-state index in [9.17, 15) is 14.4 Å². The minimum absolute atomic E-state index is 0.136. The Hall–Kier alpha value is -2.37. The Labute approximate surface area is 154 Å². The highest BCUT2D eigenvalue weighted by Crippen LogP contribution is 2.32. The van der Waals surface area contributed by atoms with Crippen molar-refractivity contribution in [2.45, 2.75) is 64.1 Å². The van der Waals surface area contributed by atoms with Gasteiger partial charge in [0, 0.05) is 12.1 Å². The Kier molecular flexibility index (Phi) is 5.03. The lowest BCUT2D eigenvalue weighted by Crippen LogP contribution is -2.52. The van der Waals surface area contributed by atoms with E-state index in [1.807, 2.05) is 56.0 Å². The number of benzene rings is 1. The fourth-order valence-corrected chi connectivity index (χ4v) is 4.26. The summed E-state index contributed by atoms with van der Waals surface area (Å²) < 4.78 is 0. The molecule has 2 aliphatic heterocycles. The van der Waals surface area contributed by atoms with Crippen molar-refractivity contribution in [3.8, 4) is 0 Å². The van der Waals surface area contributed by atoms with Gasteiger partial charge in [0.15, 0.2) is 0 Å². The summed E-state index contributed by atoms with van der Waals surface area (Å²) in [6, 6.07) is 9.01.